The van der Waals surface area contributed by atoms with Gasteiger partial charge in [0.2, 0.25) is 5.88 Å². The van der Waals surface area contributed by atoms with Crippen molar-refractivity contribution in [1.82, 2.24) is 9.97 Å². The van der Waals surface area contributed by atoms with Gasteiger partial charge in [0.15, 0.2) is 10.9 Å². The first kappa shape index (κ1) is 16.2. The average Bonchev–Trinajstić information content (AvgIpc) is 3.26. The van der Waals surface area contributed by atoms with Crippen molar-refractivity contribution < 1.29 is 18.7 Å². The molecule has 3 rings (SSSR count). The molecule has 7 nitrogen and oxygen atoms in total. The van der Waals surface area contributed by atoms with Crippen LogP contribution in [0.4, 0.5) is 5.13 Å². The predicted octanol–water partition coefficient (Wildman–Crippen LogP) is 3.08. The van der Waals surface area contributed by atoms with E-state index < -0.39 is 0 Å². The predicted molar refractivity (Wildman–Crippen MR) is 89.4 cm³/mol. The first-order chi connectivity index (χ1) is 11.8. The van der Waals surface area contributed by atoms with Gasteiger partial charge >= 0.3 is 0 Å². The van der Waals surface area contributed by atoms with Gasteiger partial charge in [-0.2, -0.15) is 0 Å². The van der Waals surface area contributed by atoms with Crippen LogP contribution in [0, 0.1) is 0 Å². The molecule has 0 saturated heterocycles. The van der Waals surface area contributed by atoms with Crippen LogP contribution < -0.4 is 10.1 Å². The number of amides is 1. The van der Waals surface area contributed by atoms with Crippen LogP contribution in [-0.2, 0) is 4.74 Å². The normalized spacial score (nSPS) is 10.5. The largest absolute Gasteiger partial charge is 0.475 e. The SMILES string of the molecule is COCCOc1ncccc1C(=O)Nc1nc(-c2ccco2)cs1. The molecule has 0 radical (unpaired) electrons. The summed E-state index contributed by atoms with van der Waals surface area (Å²) in [7, 11) is 1.58. The Bertz CT molecular complexity index is 801. The zero-order valence-corrected chi connectivity index (χ0v) is 13.7. The van der Waals surface area contributed by atoms with Gasteiger partial charge < -0.3 is 13.9 Å². The molecular weight excluding hydrogens is 330 g/mol. The highest BCUT2D eigenvalue weighted by atomic mass is 32.1. The molecule has 1 amide bonds. The molecule has 0 aromatic carbocycles. The number of nitrogens with one attached hydrogen (secondary N) is 1. The Balaban J connectivity index is 1.71. The molecule has 0 spiro atoms. The third kappa shape index (κ3) is 3.79. The van der Waals surface area contributed by atoms with Gasteiger partial charge in [0.25, 0.3) is 5.91 Å². The van der Waals surface area contributed by atoms with Gasteiger partial charge in [-0.25, -0.2) is 9.97 Å². The van der Waals surface area contributed by atoms with Gasteiger partial charge in [-0.3, -0.25) is 10.1 Å². The van der Waals surface area contributed by atoms with Crippen molar-refractivity contribution in [3.05, 3.63) is 47.7 Å². The molecule has 124 valence electrons. The van der Waals surface area contributed by atoms with Crippen LogP contribution in [0.2, 0.25) is 0 Å². The summed E-state index contributed by atoms with van der Waals surface area (Å²) >= 11 is 1.31. The van der Waals surface area contributed by atoms with E-state index in [1.54, 1.807) is 37.8 Å². The van der Waals surface area contributed by atoms with Crippen LogP contribution in [0.3, 0.4) is 0 Å². The van der Waals surface area contributed by atoms with Gasteiger partial charge in [-0.1, -0.05) is 0 Å². The molecule has 1 N–H and O–H groups in total. The number of furan rings is 1. The summed E-state index contributed by atoms with van der Waals surface area (Å²) in [5.74, 6) is 0.572. The Morgan fingerprint density at radius 3 is 3.04 bits per heavy atom. The molecule has 0 fully saturated rings. The van der Waals surface area contributed by atoms with Crippen molar-refractivity contribution in [3.63, 3.8) is 0 Å². The minimum absolute atomic E-state index is 0.259. The fourth-order valence-corrected chi connectivity index (χ4v) is 2.63. The summed E-state index contributed by atoms with van der Waals surface area (Å²) in [6, 6.07) is 6.91. The van der Waals surface area contributed by atoms with Gasteiger partial charge in [-0.05, 0) is 24.3 Å². The third-order valence-corrected chi connectivity index (χ3v) is 3.80. The van der Waals surface area contributed by atoms with E-state index in [0.717, 1.165) is 0 Å². The average molecular weight is 345 g/mol. The molecule has 3 heterocycles. The Labute approximate surface area is 142 Å². The lowest BCUT2D eigenvalue weighted by Crippen LogP contribution is -2.15. The summed E-state index contributed by atoms with van der Waals surface area (Å²) in [6.07, 6.45) is 3.14. The Hall–Kier alpha value is -2.71. The highest BCUT2D eigenvalue weighted by Crippen LogP contribution is 2.26. The molecule has 0 atom stereocenters. The van der Waals surface area contributed by atoms with Gasteiger partial charge in [0.05, 0.1) is 12.9 Å². The number of anilines is 1. The van der Waals surface area contributed by atoms with E-state index in [0.29, 0.717) is 35.4 Å². The van der Waals surface area contributed by atoms with Crippen LogP contribution in [0.15, 0.2) is 46.5 Å². The number of carbonyl (C=O) groups is 1. The Morgan fingerprint density at radius 2 is 2.25 bits per heavy atom. The van der Waals surface area contributed by atoms with Crippen molar-refractivity contribution in [3.8, 4) is 17.3 Å². The van der Waals surface area contributed by atoms with E-state index in [1.165, 1.54) is 11.3 Å². The second-order valence-electron chi connectivity index (χ2n) is 4.67. The van der Waals surface area contributed by atoms with Crippen LogP contribution >= 0.6 is 11.3 Å². The fourth-order valence-electron chi connectivity index (χ4n) is 1.93. The van der Waals surface area contributed by atoms with Gasteiger partial charge in [0.1, 0.15) is 17.9 Å². The second kappa shape index (κ2) is 7.71. The quantitative estimate of drug-likeness (QED) is 0.662. The maximum absolute atomic E-state index is 12.4. The number of rotatable bonds is 7. The summed E-state index contributed by atoms with van der Waals surface area (Å²) < 4.78 is 15.7. The molecule has 0 saturated carbocycles. The van der Waals surface area contributed by atoms with Crippen LogP contribution in [0.5, 0.6) is 5.88 Å². The minimum Gasteiger partial charge on any atom is -0.475 e. The van der Waals surface area contributed by atoms with Gasteiger partial charge in [-0.15, -0.1) is 11.3 Å². The van der Waals surface area contributed by atoms with E-state index in [2.05, 4.69) is 15.3 Å². The lowest BCUT2D eigenvalue weighted by molar-refractivity contribution is 0.101. The van der Waals surface area contributed by atoms with Crippen molar-refractivity contribution in [2.75, 3.05) is 25.6 Å². The highest BCUT2D eigenvalue weighted by molar-refractivity contribution is 7.14. The summed E-state index contributed by atoms with van der Waals surface area (Å²) in [5, 5.41) is 5.03. The van der Waals surface area contributed by atoms with E-state index in [4.69, 9.17) is 13.9 Å². The molecule has 24 heavy (non-hydrogen) atoms. The number of methoxy groups -OCH3 is 1. The highest BCUT2D eigenvalue weighted by Gasteiger charge is 2.16. The molecule has 0 aliphatic carbocycles. The smallest absolute Gasteiger partial charge is 0.262 e. The molecule has 0 bridgehead atoms. The number of hydrogen-bond donors (Lipinski definition) is 1. The maximum Gasteiger partial charge on any atom is 0.262 e. The van der Waals surface area contributed by atoms with E-state index in [1.807, 2.05) is 11.4 Å². The number of hydrogen-bond acceptors (Lipinski definition) is 7. The van der Waals surface area contributed by atoms with Gasteiger partial charge in [0, 0.05) is 18.7 Å². The standard InChI is InChI=1S/C16H15N3O4S/c1-21-8-9-23-15-11(4-2-6-17-15)14(20)19-16-18-12(10-24-16)13-5-3-7-22-13/h2-7,10H,8-9H2,1H3,(H,18,19,20). The monoisotopic (exact) mass is 345 g/mol. The Morgan fingerprint density at radius 1 is 1.33 bits per heavy atom. The molecule has 8 heteroatoms. The first-order valence-electron chi connectivity index (χ1n) is 7.15. The molecule has 0 aliphatic heterocycles. The van der Waals surface area contributed by atoms with Crippen molar-refractivity contribution in [1.29, 1.82) is 0 Å². The summed E-state index contributed by atoms with van der Waals surface area (Å²) in [4.78, 5) is 20.9. The number of carbonyl (C=O) groups excluding carboxylic acids is 1. The number of nitrogens with zero attached hydrogens (tertiary/aromatic N) is 2. The van der Waals surface area contributed by atoms with E-state index >= 15 is 0 Å². The molecule has 3 aromatic heterocycles. The van der Waals surface area contributed by atoms with Crippen LogP contribution in [-0.4, -0.2) is 36.2 Å². The Kier molecular flexibility index (Phi) is 5.19. The fraction of sp³-hybridized carbons (Fsp3) is 0.188. The topological polar surface area (TPSA) is 86.5 Å². The first-order valence-corrected chi connectivity index (χ1v) is 8.03. The van der Waals surface area contributed by atoms with E-state index in [9.17, 15) is 4.79 Å². The zero-order valence-electron chi connectivity index (χ0n) is 12.9. The number of ether oxygens (including phenoxy) is 2. The molecule has 0 unspecified atom stereocenters. The summed E-state index contributed by atoms with van der Waals surface area (Å²) in [6.45, 7) is 0.726. The van der Waals surface area contributed by atoms with Crippen LogP contribution in [0.25, 0.3) is 11.5 Å². The molecular formula is C16H15N3O4S. The third-order valence-electron chi connectivity index (χ3n) is 3.04. The van der Waals surface area contributed by atoms with E-state index in [-0.39, 0.29) is 11.8 Å². The van der Waals surface area contributed by atoms with Crippen molar-refractivity contribution in [2.24, 2.45) is 0 Å². The van der Waals surface area contributed by atoms with Crippen molar-refractivity contribution >= 4 is 22.4 Å². The maximum atomic E-state index is 12.4. The molecule has 3 aromatic rings. The minimum atomic E-state index is -0.337. The number of thiazole rings is 1. The molecule has 0 aliphatic rings. The van der Waals surface area contributed by atoms with Crippen molar-refractivity contribution in [2.45, 2.75) is 0 Å². The second-order valence-corrected chi connectivity index (χ2v) is 5.52. The number of pyridine rings is 1. The lowest BCUT2D eigenvalue weighted by atomic mass is 10.2. The van der Waals surface area contributed by atoms with Crippen LogP contribution in [0.1, 0.15) is 10.4 Å². The number of aromatic nitrogens is 2. The summed E-state index contributed by atoms with van der Waals surface area (Å²) in [5.41, 5.74) is 1.01. The zero-order chi connectivity index (χ0) is 16.8. The lowest BCUT2D eigenvalue weighted by Gasteiger charge is -2.09.